The first-order valence-corrected chi connectivity index (χ1v) is 10.7. The average Bonchev–Trinajstić information content (AvgIpc) is 3.15. The number of ether oxygens (including phenoxy) is 1. The first-order chi connectivity index (χ1) is 14.6. The maximum absolute atomic E-state index is 12.7. The van der Waals surface area contributed by atoms with Gasteiger partial charge in [-0.3, -0.25) is 4.79 Å². The van der Waals surface area contributed by atoms with Gasteiger partial charge in [0.1, 0.15) is 5.75 Å². The molecule has 2 aliphatic heterocycles. The summed E-state index contributed by atoms with van der Waals surface area (Å²) >= 11 is 0. The van der Waals surface area contributed by atoms with E-state index in [0.717, 1.165) is 43.8 Å². The molecule has 0 aliphatic carbocycles. The zero-order valence-electron chi connectivity index (χ0n) is 17.4. The van der Waals surface area contributed by atoms with Gasteiger partial charge >= 0.3 is 6.03 Å². The number of nitrogens with zero attached hydrogens (tertiary/aromatic N) is 2. The summed E-state index contributed by atoms with van der Waals surface area (Å²) in [6.07, 6.45) is 3.44. The second kappa shape index (κ2) is 9.20. The molecule has 2 aromatic rings. The minimum atomic E-state index is -0.158. The highest BCUT2D eigenvalue weighted by atomic mass is 16.5. The van der Waals surface area contributed by atoms with Gasteiger partial charge in [0.05, 0.1) is 13.2 Å². The summed E-state index contributed by atoms with van der Waals surface area (Å²) in [4.78, 5) is 28.8. The van der Waals surface area contributed by atoms with E-state index in [4.69, 9.17) is 4.74 Å². The van der Waals surface area contributed by atoms with Crippen LogP contribution in [0.25, 0.3) is 0 Å². The van der Waals surface area contributed by atoms with Crippen molar-refractivity contribution in [3.8, 4) is 5.75 Å². The number of methoxy groups -OCH3 is 1. The Morgan fingerprint density at radius 3 is 2.43 bits per heavy atom. The minimum Gasteiger partial charge on any atom is -0.497 e. The molecule has 1 atom stereocenters. The van der Waals surface area contributed by atoms with Gasteiger partial charge in [-0.1, -0.05) is 30.3 Å². The predicted octanol–water partition coefficient (Wildman–Crippen LogP) is 3.46. The SMILES string of the molecule is COc1ccc(N2CC(NC(=O)N3CCC(Cc4ccccc4)CC3)CC2=O)cc1. The molecule has 3 amide bonds. The standard InChI is InChI=1S/C24H29N3O3/c1-30-22-9-7-21(8-10-22)27-17-20(16-23(27)28)25-24(29)26-13-11-19(12-14-26)15-18-5-3-2-4-6-18/h2-10,19-20H,11-17H2,1H3,(H,25,29). The Balaban J connectivity index is 1.26. The van der Waals surface area contributed by atoms with Gasteiger partial charge in [-0.05, 0) is 55.0 Å². The van der Waals surface area contributed by atoms with Crippen molar-refractivity contribution in [2.75, 3.05) is 31.6 Å². The summed E-state index contributed by atoms with van der Waals surface area (Å²) in [6.45, 7) is 2.04. The minimum absolute atomic E-state index is 0.0343. The quantitative estimate of drug-likeness (QED) is 0.826. The number of carbonyl (C=O) groups excluding carboxylic acids is 2. The Morgan fingerprint density at radius 1 is 1.07 bits per heavy atom. The van der Waals surface area contributed by atoms with E-state index in [0.29, 0.717) is 18.9 Å². The number of urea groups is 1. The van der Waals surface area contributed by atoms with Crippen molar-refractivity contribution in [2.24, 2.45) is 5.92 Å². The number of benzene rings is 2. The topological polar surface area (TPSA) is 61.9 Å². The smallest absolute Gasteiger partial charge is 0.317 e. The largest absolute Gasteiger partial charge is 0.497 e. The van der Waals surface area contributed by atoms with Crippen molar-refractivity contribution in [1.82, 2.24) is 10.2 Å². The Morgan fingerprint density at radius 2 is 1.77 bits per heavy atom. The number of carbonyl (C=O) groups is 2. The molecule has 4 rings (SSSR count). The number of anilines is 1. The van der Waals surface area contributed by atoms with Gasteiger partial charge in [0.25, 0.3) is 0 Å². The number of rotatable bonds is 5. The van der Waals surface area contributed by atoms with Crippen molar-refractivity contribution >= 4 is 17.6 Å². The highest BCUT2D eigenvalue weighted by molar-refractivity contribution is 5.96. The molecule has 0 aromatic heterocycles. The predicted molar refractivity (Wildman–Crippen MR) is 117 cm³/mol. The third-order valence-corrected chi connectivity index (χ3v) is 6.11. The molecule has 6 nitrogen and oxygen atoms in total. The molecule has 2 fully saturated rings. The zero-order chi connectivity index (χ0) is 20.9. The molecule has 2 aliphatic rings. The molecular weight excluding hydrogens is 378 g/mol. The van der Waals surface area contributed by atoms with Crippen LogP contribution < -0.4 is 15.0 Å². The maximum atomic E-state index is 12.7. The lowest BCUT2D eigenvalue weighted by Gasteiger charge is -2.33. The molecule has 0 radical (unpaired) electrons. The fourth-order valence-corrected chi connectivity index (χ4v) is 4.37. The van der Waals surface area contributed by atoms with Crippen molar-refractivity contribution in [3.05, 3.63) is 60.2 Å². The Kier molecular flexibility index (Phi) is 6.21. The number of hydrogen-bond acceptors (Lipinski definition) is 3. The molecule has 2 aromatic carbocycles. The van der Waals surface area contributed by atoms with E-state index in [1.807, 2.05) is 35.2 Å². The first-order valence-electron chi connectivity index (χ1n) is 10.7. The van der Waals surface area contributed by atoms with Gasteiger partial charge in [0.15, 0.2) is 0 Å². The highest BCUT2D eigenvalue weighted by Gasteiger charge is 2.33. The summed E-state index contributed by atoms with van der Waals surface area (Å²) in [5.41, 5.74) is 2.20. The number of nitrogens with one attached hydrogen (secondary N) is 1. The second-order valence-electron chi connectivity index (χ2n) is 8.17. The second-order valence-corrected chi connectivity index (χ2v) is 8.17. The van der Waals surface area contributed by atoms with Crippen LogP contribution in [0.5, 0.6) is 5.75 Å². The molecule has 2 heterocycles. The van der Waals surface area contributed by atoms with Crippen LogP contribution >= 0.6 is 0 Å². The van der Waals surface area contributed by atoms with Crippen LogP contribution in [0.2, 0.25) is 0 Å². The molecule has 6 heteroatoms. The van der Waals surface area contributed by atoms with Crippen LogP contribution in [-0.2, 0) is 11.2 Å². The monoisotopic (exact) mass is 407 g/mol. The number of likely N-dealkylation sites (tertiary alicyclic amines) is 1. The van der Waals surface area contributed by atoms with Gasteiger partial charge in [0, 0.05) is 31.7 Å². The fraction of sp³-hybridized carbons (Fsp3) is 0.417. The van der Waals surface area contributed by atoms with E-state index in [2.05, 4.69) is 29.6 Å². The molecule has 0 spiro atoms. The third kappa shape index (κ3) is 4.75. The molecule has 158 valence electrons. The van der Waals surface area contributed by atoms with E-state index < -0.39 is 0 Å². The number of hydrogen-bond donors (Lipinski definition) is 1. The van der Waals surface area contributed by atoms with E-state index >= 15 is 0 Å². The highest BCUT2D eigenvalue weighted by Crippen LogP contribution is 2.25. The fourth-order valence-electron chi connectivity index (χ4n) is 4.37. The lowest BCUT2D eigenvalue weighted by atomic mass is 9.90. The Bertz CT molecular complexity index is 861. The van der Waals surface area contributed by atoms with Gasteiger partial charge in [-0.25, -0.2) is 4.79 Å². The number of piperidine rings is 1. The summed E-state index contributed by atoms with van der Waals surface area (Å²) in [5.74, 6) is 1.41. The summed E-state index contributed by atoms with van der Waals surface area (Å²) < 4.78 is 5.17. The molecular formula is C24H29N3O3. The molecule has 2 saturated heterocycles. The van der Waals surface area contributed by atoms with Gasteiger partial charge in [-0.2, -0.15) is 0 Å². The maximum Gasteiger partial charge on any atom is 0.317 e. The number of amides is 3. The first kappa shape index (κ1) is 20.3. The van der Waals surface area contributed by atoms with E-state index in [9.17, 15) is 9.59 Å². The normalized spacial score (nSPS) is 19.8. The Labute approximate surface area is 177 Å². The van der Waals surface area contributed by atoms with E-state index in [-0.39, 0.29) is 18.0 Å². The van der Waals surface area contributed by atoms with Crippen molar-refractivity contribution < 1.29 is 14.3 Å². The van der Waals surface area contributed by atoms with Crippen LogP contribution in [0.1, 0.15) is 24.8 Å². The van der Waals surface area contributed by atoms with Crippen LogP contribution in [0.15, 0.2) is 54.6 Å². The zero-order valence-corrected chi connectivity index (χ0v) is 17.4. The summed E-state index contributed by atoms with van der Waals surface area (Å²) in [7, 11) is 1.62. The summed E-state index contributed by atoms with van der Waals surface area (Å²) in [5, 5.41) is 3.07. The van der Waals surface area contributed by atoms with Gasteiger partial charge < -0.3 is 19.9 Å². The van der Waals surface area contributed by atoms with Crippen molar-refractivity contribution in [2.45, 2.75) is 31.7 Å². The lowest BCUT2D eigenvalue weighted by Crippen LogP contribution is -2.48. The summed E-state index contributed by atoms with van der Waals surface area (Å²) in [6, 6.07) is 17.8. The van der Waals surface area contributed by atoms with Crippen molar-refractivity contribution in [3.63, 3.8) is 0 Å². The van der Waals surface area contributed by atoms with Crippen LogP contribution in [-0.4, -0.2) is 49.6 Å². The third-order valence-electron chi connectivity index (χ3n) is 6.11. The molecule has 1 unspecified atom stereocenters. The van der Waals surface area contributed by atoms with Crippen LogP contribution in [0, 0.1) is 5.92 Å². The van der Waals surface area contributed by atoms with Crippen LogP contribution in [0.3, 0.4) is 0 Å². The Hall–Kier alpha value is -3.02. The van der Waals surface area contributed by atoms with Gasteiger partial charge in [-0.15, -0.1) is 0 Å². The van der Waals surface area contributed by atoms with Gasteiger partial charge in [0.2, 0.25) is 5.91 Å². The lowest BCUT2D eigenvalue weighted by molar-refractivity contribution is -0.117. The molecule has 0 saturated carbocycles. The molecule has 30 heavy (non-hydrogen) atoms. The molecule has 0 bridgehead atoms. The van der Waals surface area contributed by atoms with Crippen LogP contribution in [0.4, 0.5) is 10.5 Å². The molecule has 1 N–H and O–H groups in total. The average molecular weight is 408 g/mol. The van der Waals surface area contributed by atoms with E-state index in [1.54, 1.807) is 12.0 Å². The van der Waals surface area contributed by atoms with Crippen molar-refractivity contribution in [1.29, 1.82) is 0 Å². The van der Waals surface area contributed by atoms with E-state index in [1.165, 1.54) is 5.56 Å².